The van der Waals surface area contributed by atoms with Crippen molar-refractivity contribution in [3.8, 4) is 6.07 Å². The zero-order chi connectivity index (χ0) is 16.3. The summed E-state index contributed by atoms with van der Waals surface area (Å²) in [5, 5.41) is 20.9. The summed E-state index contributed by atoms with van der Waals surface area (Å²) < 4.78 is 31.2. The van der Waals surface area contributed by atoms with Crippen molar-refractivity contribution in [3.05, 3.63) is 36.4 Å². The van der Waals surface area contributed by atoms with Gasteiger partial charge in [-0.3, -0.25) is 15.4 Å². The van der Waals surface area contributed by atoms with Crippen LogP contribution in [0.2, 0.25) is 0 Å². The van der Waals surface area contributed by atoms with Crippen LogP contribution in [0.3, 0.4) is 0 Å². The summed E-state index contributed by atoms with van der Waals surface area (Å²) in [5.41, 5.74) is 8.04. The highest BCUT2D eigenvalue weighted by molar-refractivity contribution is 7.85. The molecule has 0 heterocycles. The van der Waals surface area contributed by atoms with Crippen LogP contribution in [0.5, 0.6) is 0 Å². The smallest absolute Gasteiger partial charge is 0.294 e. The van der Waals surface area contributed by atoms with Gasteiger partial charge in [0.25, 0.3) is 10.1 Å². The van der Waals surface area contributed by atoms with Crippen LogP contribution >= 0.6 is 0 Å². The van der Waals surface area contributed by atoms with Gasteiger partial charge in [0.05, 0.1) is 10.6 Å². The lowest BCUT2D eigenvalue weighted by atomic mass is 10.1. The second-order valence-corrected chi connectivity index (χ2v) is 5.72. The molecule has 0 aliphatic heterocycles. The normalized spacial score (nSPS) is 11.9. The third-order valence-electron chi connectivity index (χ3n) is 2.77. The fourth-order valence-electron chi connectivity index (χ4n) is 1.72. The zero-order valence-electron chi connectivity index (χ0n) is 11.1. The molecule has 0 aliphatic carbocycles. The average Bonchev–Trinajstić information content (AvgIpc) is 2.46. The zero-order valence-corrected chi connectivity index (χ0v) is 11.9. The van der Waals surface area contributed by atoms with Gasteiger partial charge in [-0.2, -0.15) is 18.8 Å². The van der Waals surface area contributed by atoms with E-state index in [4.69, 9.17) is 21.0 Å². The van der Waals surface area contributed by atoms with Crippen LogP contribution in [0.4, 0.5) is 5.69 Å². The molecule has 0 aliphatic rings. The van der Waals surface area contributed by atoms with Gasteiger partial charge in [-0.1, -0.05) is 12.1 Å². The van der Waals surface area contributed by atoms with Gasteiger partial charge >= 0.3 is 0 Å². The first-order chi connectivity index (χ1) is 10.3. The maximum absolute atomic E-state index is 11.1. The van der Waals surface area contributed by atoms with E-state index in [1.165, 1.54) is 18.2 Å². The maximum Gasteiger partial charge on any atom is 0.294 e. The number of fused-ring (bicyclic) bond motifs is 1. The van der Waals surface area contributed by atoms with Crippen molar-refractivity contribution in [2.45, 2.75) is 4.90 Å². The minimum atomic E-state index is -4.25. The lowest BCUT2D eigenvalue weighted by Crippen LogP contribution is -2.21. The monoisotopic (exact) mass is 317 g/mol. The van der Waals surface area contributed by atoms with E-state index in [1.54, 1.807) is 24.3 Å². The number of nitrogens with zero attached hydrogens (tertiary/aromatic N) is 2. The SMILES string of the molecule is N#C/C(=N\Nc1ccc2cc(S(=O)(=O)O)ccc2c1)C(=N)N. The number of hydrogen-bond acceptors (Lipinski definition) is 6. The molecule has 0 saturated carbocycles. The van der Waals surface area contributed by atoms with Crippen molar-refractivity contribution in [2.24, 2.45) is 10.8 Å². The molecule has 2 rings (SSSR count). The predicted molar refractivity (Wildman–Crippen MR) is 82.3 cm³/mol. The van der Waals surface area contributed by atoms with Crippen LogP contribution in [-0.4, -0.2) is 24.5 Å². The van der Waals surface area contributed by atoms with Gasteiger partial charge in [-0.05, 0) is 35.0 Å². The Labute approximate surface area is 126 Å². The molecule has 112 valence electrons. The molecule has 8 nitrogen and oxygen atoms in total. The van der Waals surface area contributed by atoms with Crippen LogP contribution in [0.15, 0.2) is 46.4 Å². The van der Waals surface area contributed by atoms with Crippen molar-refractivity contribution in [1.29, 1.82) is 10.7 Å². The largest absolute Gasteiger partial charge is 0.382 e. The van der Waals surface area contributed by atoms with Gasteiger partial charge in [0.1, 0.15) is 6.07 Å². The molecular weight excluding hydrogens is 306 g/mol. The lowest BCUT2D eigenvalue weighted by Gasteiger charge is -2.05. The Balaban J connectivity index is 2.37. The summed E-state index contributed by atoms with van der Waals surface area (Å²) in [7, 11) is -4.25. The summed E-state index contributed by atoms with van der Waals surface area (Å²) >= 11 is 0. The van der Waals surface area contributed by atoms with E-state index < -0.39 is 16.0 Å². The molecule has 0 unspecified atom stereocenters. The van der Waals surface area contributed by atoms with Crippen LogP contribution in [-0.2, 0) is 10.1 Å². The Hall–Kier alpha value is -2.96. The summed E-state index contributed by atoms with van der Waals surface area (Å²) in [5.74, 6) is -0.450. The molecule has 0 atom stereocenters. The Kier molecular flexibility index (Phi) is 4.07. The van der Waals surface area contributed by atoms with E-state index in [1.807, 2.05) is 0 Å². The van der Waals surface area contributed by atoms with Crippen molar-refractivity contribution >= 4 is 38.1 Å². The molecule has 0 saturated heterocycles. The number of nitriles is 1. The van der Waals surface area contributed by atoms with Crippen LogP contribution in [0, 0.1) is 16.7 Å². The molecular formula is C13H11N5O3S. The topological polar surface area (TPSA) is 152 Å². The molecule has 0 bridgehead atoms. The number of benzene rings is 2. The molecule has 22 heavy (non-hydrogen) atoms. The van der Waals surface area contributed by atoms with Gasteiger partial charge in [-0.25, -0.2) is 0 Å². The lowest BCUT2D eigenvalue weighted by molar-refractivity contribution is 0.483. The number of anilines is 1. The van der Waals surface area contributed by atoms with E-state index in [9.17, 15) is 8.42 Å². The standard InChI is InChI=1S/C13H11N5O3S/c14-7-12(13(15)16)18-17-10-3-1-9-6-11(22(19,20)21)4-2-8(9)5-10/h1-6,17H,(H3,15,16)(H,19,20,21)/b18-12+. The third kappa shape index (κ3) is 3.38. The van der Waals surface area contributed by atoms with Crippen molar-refractivity contribution in [1.82, 2.24) is 0 Å². The van der Waals surface area contributed by atoms with E-state index in [-0.39, 0.29) is 10.6 Å². The summed E-state index contributed by atoms with van der Waals surface area (Å²) in [6.45, 7) is 0. The number of hydrogen-bond donors (Lipinski definition) is 4. The molecule has 0 amide bonds. The first kappa shape index (κ1) is 15.4. The fourth-order valence-corrected chi connectivity index (χ4v) is 2.24. The van der Waals surface area contributed by atoms with E-state index in [0.29, 0.717) is 16.5 Å². The first-order valence-corrected chi connectivity index (χ1v) is 7.35. The highest BCUT2D eigenvalue weighted by Gasteiger charge is 2.09. The maximum atomic E-state index is 11.1. The average molecular weight is 317 g/mol. The quantitative estimate of drug-likeness (QED) is 0.289. The molecule has 0 fully saturated rings. The van der Waals surface area contributed by atoms with E-state index in [0.717, 1.165) is 0 Å². The van der Waals surface area contributed by atoms with Crippen molar-refractivity contribution in [2.75, 3.05) is 5.43 Å². The molecule has 0 spiro atoms. The Morgan fingerprint density at radius 1 is 1.27 bits per heavy atom. The number of nitrogens with one attached hydrogen (secondary N) is 2. The Bertz CT molecular complexity index is 928. The summed E-state index contributed by atoms with van der Waals surface area (Å²) in [6.07, 6.45) is 0. The van der Waals surface area contributed by atoms with Crippen molar-refractivity contribution in [3.63, 3.8) is 0 Å². The minimum absolute atomic E-state index is 0.193. The second kappa shape index (κ2) is 5.80. The summed E-state index contributed by atoms with van der Waals surface area (Å²) in [4.78, 5) is -0.193. The van der Waals surface area contributed by atoms with E-state index >= 15 is 0 Å². The molecule has 2 aromatic carbocycles. The highest BCUT2D eigenvalue weighted by Crippen LogP contribution is 2.22. The molecule has 9 heteroatoms. The van der Waals surface area contributed by atoms with Gasteiger partial charge in [-0.15, -0.1) is 0 Å². The predicted octanol–water partition coefficient (Wildman–Crippen LogP) is 1.31. The third-order valence-corrected chi connectivity index (χ3v) is 3.62. The second-order valence-electron chi connectivity index (χ2n) is 4.30. The van der Waals surface area contributed by atoms with Crippen molar-refractivity contribution < 1.29 is 13.0 Å². The Morgan fingerprint density at radius 3 is 2.50 bits per heavy atom. The highest BCUT2D eigenvalue weighted by atomic mass is 32.2. The van der Waals surface area contributed by atoms with Crippen LogP contribution in [0.1, 0.15) is 0 Å². The van der Waals surface area contributed by atoms with Crippen LogP contribution in [0.25, 0.3) is 10.8 Å². The number of hydrazone groups is 1. The van der Waals surface area contributed by atoms with Gasteiger partial charge in [0.2, 0.25) is 5.71 Å². The first-order valence-electron chi connectivity index (χ1n) is 5.91. The van der Waals surface area contributed by atoms with Gasteiger partial charge < -0.3 is 5.73 Å². The van der Waals surface area contributed by atoms with Gasteiger partial charge in [0.15, 0.2) is 5.84 Å². The number of amidine groups is 1. The number of nitrogens with two attached hydrogens (primary N) is 1. The molecule has 0 aromatic heterocycles. The Morgan fingerprint density at radius 2 is 1.91 bits per heavy atom. The molecule has 5 N–H and O–H groups in total. The summed E-state index contributed by atoms with van der Waals surface area (Å²) in [6, 6.07) is 10.7. The number of rotatable bonds is 4. The molecule has 2 aromatic rings. The molecule has 0 radical (unpaired) electrons. The minimum Gasteiger partial charge on any atom is -0.382 e. The van der Waals surface area contributed by atoms with E-state index in [2.05, 4.69) is 10.5 Å². The van der Waals surface area contributed by atoms with Gasteiger partial charge in [0, 0.05) is 0 Å². The van der Waals surface area contributed by atoms with Crippen LogP contribution < -0.4 is 11.2 Å². The fraction of sp³-hybridized carbons (Fsp3) is 0.